The number of nitrogens with zero attached hydrogens (tertiary/aromatic N) is 2. The fourth-order valence-electron chi connectivity index (χ4n) is 5.78. The number of ether oxygens (including phenoxy) is 6. The maximum atomic E-state index is 6.41. The Bertz CT molecular complexity index is 1050. The minimum absolute atomic E-state index is 0.141. The molecular formula is C29H38N2O6. The summed E-state index contributed by atoms with van der Waals surface area (Å²) in [6, 6.07) is 18.6. The Hall–Kier alpha value is -2.20. The molecule has 8 nitrogen and oxygen atoms in total. The summed E-state index contributed by atoms with van der Waals surface area (Å²) in [6.07, 6.45) is -1.25. The Labute approximate surface area is 219 Å². The molecule has 6 rings (SSSR count). The van der Waals surface area contributed by atoms with Gasteiger partial charge in [0.15, 0.2) is 17.9 Å². The molecule has 0 saturated carbocycles. The summed E-state index contributed by atoms with van der Waals surface area (Å²) < 4.78 is 37.1. The highest BCUT2D eigenvalue weighted by molar-refractivity contribution is 5.49. The fourth-order valence-corrected chi connectivity index (χ4v) is 5.78. The molecule has 0 N–H and O–H groups in total. The van der Waals surface area contributed by atoms with Crippen LogP contribution in [0.3, 0.4) is 0 Å². The van der Waals surface area contributed by atoms with E-state index in [0.29, 0.717) is 6.61 Å². The quantitative estimate of drug-likeness (QED) is 0.582. The van der Waals surface area contributed by atoms with Gasteiger partial charge < -0.3 is 33.3 Å². The third-order valence-corrected chi connectivity index (χ3v) is 7.51. The number of piperazine rings is 1. The highest BCUT2D eigenvalue weighted by Gasteiger charge is 2.60. The summed E-state index contributed by atoms with van der Waals surface area (Å²) in [5, 5.41) is 0. The lowest BCUT2D eigenvalue weighted by atomic mass is 9.98. The third kappa shape index (κ3) is 5.50. The van der Waals surface area contributed by atoms with Crippen LogP contribution < -0.4 is 9.64 Å². The molecule has 0 amide bonds. The molecule has 5 atom stereocenters. The minimum Gasteiger partial charge on any atom is -0.489 e. The zero-order valence-electron chi connectivity index (χ0n) is 22.2. The van der Waals surface area contributed by atoms with Gasteiger partial charge >= 0.3 is 0 Å². The van der Waals surface area contributed by atoms with Crippen LogP contribution in [0.4, 0.5) is 5.69 Å². The summed E-state index contributed by atoms with van der Waals surface area (Å²) in [5.74, 6) is -0.479. The molecule has 0 spiro atoms. The predicted octanol–water partition coefficient (Wildman–Crippen LogP) is 3.78. The van der Waals surface area contributed by atoms with E-state index < -0.39 is 17.9 Å². The molecule has 37 heavy (non-hydrogen) atoms. The zero-order chi connectivity index (χ0) is 25.6. The smallest absolute Gasteiger partial charge is 0.190 e. The Morgan fingerprint density at radius 3 is 2.14 bits per heavy atom. The molecule has 2 aromatic rings. The summed E-state index contributed by atoms with van der Waals surface area (Å²) in [5.41, 5.74) is 2.39. The van der Waals surface area contributed by atoms with E-state index >= 15 is 0 Å². The monoisotopic (exact) mass is 510 g/mol. The molecule has 200 valence electrons. The van der Waals surface area contributed by atoms with Crippen LogP contribution >= 0.6 is 0 Å². The summed E-state index contributed by atoms with van der Waals surface area (Å²) >= 11 is 0. The van der Waals surface area contributed by atoms with Gasteiger partial charge in [-0.3, -0.25) is 4.90 Å². The van der Waals surface area contributed by atoms with Gasteiger partial charge in [-0.05, 0) is 57.5 Å². The van der Waals surface area contributed by atoms with Crippen LogP contribution in [0.5, 0.6) is 5.75 Å². The Morgan fingerprint density at radius 1 is 0.757 bits per heavy atom. The first kappa shape index (κ1) is 25.1. The Morgan fingerprint density at radius 2 is 1.41 bits per heavy atom. The van der Waals surface area contributed by atoms with Crippen LogP contribution in [0.15, 0.2) is 54.6 Å². The van der Waals surface area contributed by atoms with Crippen LogP contribution in [0.25, 0.3) is 0 Å². The first-order valence-electron chi connectivity index (χ1n) is 13.4. The molecule has 2 aromatic carbocycles. The second kappa shape index (κ2) is 9.84. The molecule has 4 heterocycles. The van der Waals surface area contributed by atoms with Gasteiger partial charge in [0.25, 0.3) is 0 Å². The van der Waals surface area contributed by atoms with Crippen molar-refractivity contribution in [3.8, 4) is 5.75 Å². The van der Waals surface area contributed by atoms with E-state index in [1.54, 1.807) is 0 Å². The summed E-state index contributed by atoms with van der Waals surface area (Å²) in [6.45, 7) is 12.9. The van der Waals surface area contributed by atoms with Gasteiger partial charge in [0.05, 0.1) is 0 Å². The molecule has 0 radical (unpaired) electrons. The molecule has 0 bridgehead atoms. The first-order valence-corrected chi connectivity index (χ1v) is 13.4. The van der Waals surface area contributed by atoms with E-state index in [0.717, 1.165) is 38.5 Å². The second-order valence-electron chi connectivity index (χ2n) is 11.3. The number of rotatable bonds is 6. The third-order valence-electron chi connectivity index (χ3n) is 7.51. The molecule has 4 aliphatic heterocycles. The van der Waals surface area contributed by atoms with Crippen molar-refractivity contribution in [1.82, 2.24) is 4.90 Å². The van der Waals surface area contributed by atoms with Crippen molar-refractivity contribution < 1.29 is 28.4 Å². The number of hydrogen-bond donors (Lipinski definition) is 0. The number of fused-ring (bicyclic) bond motifs is 3. The molecule has 0 aliphatic carbocycles. The maximum absolute atomic E-state index is 6.41. The van der Waals surface area contributed by atoms with Crippen molar-refractivity contribution in [2.75, 3.05) is 37.6 Å². The lowest BCUT2D eigenvalue weighted by molar-refractivity contribution is -0.236. The summed E-state index contributed by atoms with van der Waals surface area (Å²) in [4.78, 5) is 4.87. The van der Waals surface area contributed by atoms with E-state index in [1.807, 2.05) is 45.9 Å². The van der Waals surface area contributed by atoms with Gasteiger partial charge in [-0.2, -0.15) is 0 Å². The summed E-state index contributed by atoms with van der Waals surface area (Å²) in [7, 11) is 0. The highest BCUT2D eigenvalue weighted by Crippen LogP contribution is 2.44. The van der Waals surface area contributed by atoms with E-state index in [4.69, 9.17) is 28.4 Å². The fraction of sp³-hybridized carbons (Fsp3) is 0.586. The van der Waals surface area contributed by atoms with E-state index in [-0.39, 0.29) is 24.4 Å². The van der Waals surface area contributed by atoms with E-state index in [9.17, 15) is 0 Å². The van der Waals surface area contributed by atoms with Crippen LogP contribution in [0.1, 0.15) is 33.3 Å². The molecule has 4 fully saturated rings. The van der Waals surface area contributed by atoms with Gasteiger partial charge in [0.2, 0.25) is 0 Å². The largest absolute Gasteiger partial charge is 0.489 e. The topological polar surface area (TPSA) is 61.9 Å². The van der Waals surface area contributed by atoms with Crippen LogP contribution in [0, 0.1) is 0 Å². The number of hydrogen-bond acceptors (Lipinski definition) is 8. The van der Waals surface area contributed by atoms with Gasteiger partial charge in [-0.1, -0.05) is 30.3 Å². The highest BCUT2D eigenvalue weighted by atomic mass is 16.9. The standard InChI is InChI=1S/C29H38N2O6/c1-28(2)34-24-23(33-27-26(25(24)35-28)36-29(3,4)37-27)18-30-14-16-31(17-15-30)21-10-12-22(13-11-21)32-19-20-8-6-5-7-9-20/h5-13,23-27H,14-19H2,1-4H3/t23-,24+,25+,26-,27-/m1/s1. The molecular weight excluding hydrogens is 472 g/mol. The first-order chi connectivity index (χ1) is 17.7. The van der Waals surface area contributed by atoms with Crippen molar-refractivity contribution >= 4 is 5.69 Å². The lowest BCUT2D eigenvalue weighted by Crippen LogP contribution is -2.59. The zero-order valence-corrected chi connectivity index (χ0v) is 22.2. The average Bonchev–Trinajstić information content (AvgIpc) is 3.38. The molecule has 0 unspecified atom stereocenters. The van der Waals surface area contributed by atoms with Gasteiger partial charge in [0, 0.05) is 38.4 Å². The number of anilines is 1. The van der Waals surface area contributed by atoms with Gasteiger partial charge in [0.1, 0.15) is 36.8 Å². The van der Waals surface area contributed by atoms with E-state index in [2.05, 4.69) is 46.2 Å². The number of benzene rings is 2. The second-order valence-corrected chi connectivity index (χ2v) is 11.3. The maximum Gasteiger partial charge on any atom is 0.190 e. The van der Waals surface area contributed by atoms with E-state index in [1.165, 1.54) is 11.3 Å². The molecule has 8 heteroatoms. The van der Waals surface area contributed by atoms with Crippen molar-refractivity contribution in [3.63, 3.8) is 0 Å². The van der Waals surface area contributed by atoms with Crippen LogP contribution in [-0.4, -0.2) is 79.9 Å². The molecule has 0 aromatic heterocycles. The van der Waals surface area contributed by atoms with Crippen LogP contribution in [0.2, 0.25) is 0 Å². The van der Waals surface area contributed by atoms with Gasteiger partial charge in [-0.25, -0.2) is 0 Å². The minimum atomic E-state index is -0.696. The SMILES string of the molecule is CC1(C)O[C@H]2[C@@H](O1)[C@@H](CN1CCN(c3ccc(OCc4ccccc4)cc3)CC1)O[C@@H]1OC(C)(C)O[C@@H]12. The molecule has 4 aliphatic rings. The Kier molecular flexibility index (Phi) is 6.67. The van der Waals surface area contributed by atoms with Crippen molar-refractivity contribution in [2.45, 2.75) is 76.6 Å². The average molecular weight is 511 g/mol. The Balaban J connectivity index is 1.03. The van der Waals surface area contributed by atoms with Crippen molar-refractivity contribution in [3.05, 3.63) is 60.2 Å². The molecule has 4 saturated heterocycles. The predicted molar refractivity (Wildman–Crippen MR) is 138 cm³/mol. The van der Waals surface area contributed by atoms with Crippen LogP contribution in [-0.2, 0) is 30.3 Å². The van der Waals surface area contributed by atoms with Gasteiger partial charge in [-0.15, -0.1) is 0 Å². The normalized spacial score (nSPS) is 32.6. The lowest BCUT2D eigenvalue weighted by Gasteiger charge is -2.42. The van der Waals surface area contributed by atoms with Crippen molar-refractivity contribution in [2.24, 2.45) is 0 Å². The van der Waals surface area contributed by atoms with Crippen molar-refractivity contribution in [1.29, 1.82) is 0 Å².